The second-order valence-corrected chi connectivity index (χ2v) is 7.08. The summed E-state index contributed by atoms with van der Waals surface area (Å²) in [5.41, 5.74) is 3.07. The Bertz CT molecular complexity index is 726. The van der Waals surface area contributed by atoms with Gasteiger partial charge in [-0.05, 0) is 62.9 Å². The van der Waals surface area contributed by atoms with Gasteiger partial charge in [0.1, 0.15) is 18.0 Å². The minimum absolute atomic E-state index is 0.108. The Morgan fingerprint density at radius 1 is 1.07 bits per heavy atom. The van der Waals surface area contributed by atoms with Crippen molar-refractivity contribution in [2.45, 2.75) is 59.7 Å². The summed E-state index contributed by atoms with van der Waals surface area (Å²) in [7, 11) is 0. The molecule has 0 heterocycles. The van der Waals surface area contributed by atoms with Crippen molar-refractivity contribution in [3.8, 4) is 5.75 Å². The summed E-state index contributed by atoms with van der Waals surface area (Å²) in [6, 6.07) is 14.0. The van der Waals surface area contributed by atoms with Gasteiger partial charge < -0.3 is 14.8 Å². The van der Waals surface area contributed by atoms with Gasteiger partial charge in [0, 0.05) is 12.3 Å². The molecule has 0 bridgehead atoms. The van der Waals surface area contributed by atoms with Crippen molar-refractivity contribution in [2.24, 2.45) is 0 Å². The lowest BCUT2D eigenvalue weighted by atomic mass is 9.98. The highest BCUT2D eigenvalue weighted by atomic mass is 16.5. The number of ether oxygens (including phenoxy) is 2. The molecule has 0 saturated heterocycles. The molecule has 2 aromatic carbocycles. The summed E-state index contributed by atoms with van der Waals surface area (Å²) in [4.78, 5) is 12.8. The molecule has 4 nitrogen and oxygen atoms in total. The number of hydrogen-bond acceptors (Lipinski definition) is 3. The van der Waals surface area contributed by atoms with Crippen LogP contribution in [0.1, 0.15) is 50.3 Å². The maximum atomic E-state index is 12.8. The van der Waals surface area contributed by atoms with Crippen molar-refractivity contribution in [3.63, 3.8) is 0 Å². The number of aryl methyl sites for hydroxylation is 2. The highest BCUT2D eigenvalue weighted by Crippen LogP contribution is 2.29. The summed E-state index contributed by atoms with van der Waals surface area (Å²) in [5.74, 6) is 0.751. The van der Waals surface area contributed by atoms with Crippen molar-refractivity contribution in [1.82, 2.24) is 0 Å². The van der Waals surface area contributed by atoms with Crippen LogP contribution in [0.4, 0.5) is 5.69 Å². The normalized spacial score (nSPS) is 13.1. The quantitative estimate of drug-likeness (QED) is 0.642. The molecule has 4 heteroatoms. The van der Waals surface area contributed by atoms with Crippen LogP contribution in [0.2, 0.25) is 0 Å². The summed E-state index contributed by atoms with van der Waals surface area (Å²) in [6.45, 7) is 10.8. The van der Waals surface area contributed by atoms with E-state index in [4.69, 9.17) is 9.47 Å². The Balaban J connectivity index is 2.12. The first-order valence-corrected chi connectivity index (χ1v) is 9.63. The molecule has 1 N–H and O–H groups in total. The van der Waals surface area contributed by atoms with E-state index in [1.807, 2.05) is 70.2 Å². The van der Waals surface area contributed by atoms with Crippen molar-refractivity contribution < 1.29 is 14.3 Å². The average Bonchev–Trinajstić information content (AvgIpc) is 2.62. The van der Waals surface area contributed by atoms with E-state index in [1.54, 1.807) is 0 Å². The minimum atomic E-state index is -0.812. The van der Waals surface area contributed by atoms with Gasteiger partial charge in [-0.15, -0.1) is 0 Å². The lowest BCUT2D eigenvalue weighted by Crippen LogP contribution is -2.42. The summed E-state index contributed by atoms with van der Waals surface area (Å²) in [6.07, 6.45) is 1.57. The summed E-state index contributed by atoms with van der Waals surface area (Å²) in [5, 5.41) is 3.02. The molecule has 146 valence electrons. The van der Waals surface area contributed by atoms with Crippen LogP contribution in [0.15, 0.2) is 42.5 Å². The number of benzene rings is 2. The molecule has 1 atom stereocenters. The SMILES string of the molecule is CCCC(C)(OCC)C(=O)Nc1cc(C)c(OCc2ccccc2)c(C)c1. The Morgan fingerprint density at radius 2 is 1.70 bits per heavy atom. The number of amides is 1. The summed E-state index contributed by atoms with van der Waals surface area (Å²) >= 11 is 0. The molecule has 0 aromatic heterocycles. The Morgan fingerprint density at radius 3 is 2.26 bits per heavy atom. The van der Waals surface area contributed by atoms with Gasteiger partial charge in [0.15, 0.2) is 0 Å². The van der Waals surface area contributed by atoms with E-state index in [0.717, 1.165) is 34.5 Å². The molecule has 2 aromatic rings. The van der Waals surface area contributed by atoms with Crippen LogP contribution in [0.25, 0.3) is 0 Å². The van der Waals surface area contributed by atoms with Gasteiger partial charge in [0.05, 0.1) is 0 Å². The second-order valence-electron chi connectivity index (χ2n) is 7.08. The van der Waals surface area contributed by atoms with E-state index in [-0.39, 0.29) is 5.91 Å². The number of carbonyl (C=O) groups excluding carboxylic acids is 1. The number of carbonyl (C=O) groups is 1. The molecule has 2 rings (SSSR count). The molecule has 1 unspecified atom stereocenters. The number of anilines is 1. The zero-order valence-electron chi connectivity index (χ0n) is 17.1. The van der Waals surface area contributed by atoms with Gasteiger partial charge in [-0.1, -0.05) is 43.7 Å². The molecule has 27 heavy (non-hydrogen) atoms. The molecule has 0 fully saturated rings. The third-order valence-corrected chi connectivity index (χ3v) is 4.61. The first kappa shape index (κ1) is 21.0. The molecule has 0 aliphatic rings. The summed E-state index contributed by atoms with van der Waals surface area (Å²) < 4.78 is 11.8. The fraction of sp³-hybridized carbons (Fsp3) is 0.435. The Labute approximate surface area is 162 Å². The van der Waals surface area contributed by atoms with Crippen LogP contribution in [-0.2, 0) is 16.1 Å². The Kier molecular flexibility index (Phi) is 7.43. The van der Waals surface area contributed by atoms with E-state index < -0.39 is 5.60 Å². The minimum Gasteiger partial charge on any atom is -0.488 e. The molecular weight excluding hydrogens is 338 g/mol. The lowest BCUT2D eigenvalue weighted by Gasteiger charge is -2.28. The predicted octanol–water partition coefficient (Wildman–Crippen LogP) is 5.42. The zero-order chi connectivity index (χ0) is 19.9. The van der Waals surface area contributed by atoms with Gasteiger partial charge >= 0.3 is 0 Å². The lowest BCUT2D eigenvalue weighted by molar-refractivity contribution is -0.139. The molecule has 0 aliphatic heterocycles. The van der Waals surface area contributed by atoms with Crippen molar-refractivity contribution in [3.05, 3.63) is 59.2 Å². The van der Waals surface area contributed by atoms with Crippen LogP contribution in [0.5, 0.6) is 5.75 Å². The largest absolute Gasteiger partial charge is 0.488 e. The molecular formula is C23H31NO3. The molecule has 1 amide bonds. The molecule has 0 aliphatic carbocycles. The molecule has 0 radical (unpaired) electrons. The van der Waals surface area contributed by atoms with E-state index >= 15 is 0 Å². The average molecular weight is 370 g/mol. The van der Waals surface area contributed by atoms with Crippen LogP contribution in [-0.4, -0.2) is 18.1 Å². The molecule has 0 spiro atoms. The van der Waals surface area contributed by atoms with Crippen LogP contribution in [0.3, 0.4) is 0 Å². The number of nitrogens with one attached hydrogen (secondary N) is 1. The van der Waals surface area contributed by atoms with Gasteiger partial charge in [-0.2, -0.15) is 0 Å². The smallest absolute Gasteiger partial charge is 0.256 e. The van der Waals surface area contributed by atoms with Crippen molar-refractivity contribution >= 4 is 11.6 Å². The van der Waals surface area contributed by atoms with E-state index in [1.165, 1.54) is 0 Å². The first-order valence-electron chi connectivity index (χ1n) is 9.63. The zero-order valence-corrected chi connectivity index (χ0v) is 17.1. The van der Waals surface area contributed by atoms with Gasteiger partial charge in [0.25, 0.3) is 5.91 Å². The third-order valence-electron chi connectivity index (χ3n) is 4.61. The standard InChI is InChI=1S/C23H31NO3/c1-6-13-23(5,27-7-2)22(25)24-20-14-17(3)21(18(4)15-20)26-16-19-11-9-8-10-12-19/h8-12,14-15H,6-7,13,16H2,1-5H3,(H,24,25). The van der Waals surface area contributed by atoms with Crippen molar-refractivity contribution in [1.29, 1.82) is 0 Å². The fourth-order valence-corrected chi connectivity index (χ4v) is 3.29. The highest BCUT2D eigenvalue weighted by Gasteiger charge is 2.33. The second kappa shape index (κ2) is 9.56. The van der Waals surface area contributed by atoms with Gasteiger partial charge in [-0.3, -0.25) is 4.79 Å². The van der Waals surface area contributed by atoms with Crippen LogP contribution < -0.4 is 10.1 Å². The fourth-order valence-electron chi connectivity index (χ4n) is 3.29. The van der Waals surface area contributed by atoms with E-state index in [2.05, 4.69) is 12.2 Å². The molecule has 0 saturated carbocycles. The first-order chi connectivity index (χ1) is 12.9. The number of hydrogen-bond donors (Lipinski definition) is 1. The monoisotopic (exact) mass is 369 g/mol. The van der Waals surface area contributed by atoms with Gasteiger partial charge in [-0.25, -0.2) is 0 Å². The maximum Gasteiger partial charge on any atom is 0.256 e. The number of rotatable bonds is 9. The maximum absolute atomic E-state index is 12.8. The Hall–Kier alpha value is -2.33. The van der Waals surface area contributed by atoms with Crippen molar-refractivity contribution in [2.75, 3.05) is 11.9 Å². The van der Waals surface area contributed by atoms with Crippen LogP contribution in [0, 0.1) is 13.8 Å². The highest BCUT2D eigenvalue weighted by molar-refractivity contribution is 5.97. The van der Waals surface area contributed by atoms with Gasteiger partial charge in [0.2, 0.25) is 0 Å². The topological polar surface area (TPSA) is 47.6 Å². The van der Waals surface area contributed by atoms with E-state index in [0.29, 0.717) is 19.6 Å². The van der Waals surface area contributed by atoms with Crippen LogP contribution >= 0.6 is 0 Å². The van der Waals surface area contributed by atoms with E-state index in [9.17, 15) is 4.79 Å². The predicted molar refractivity (Wildman–Crippen MR) is 110 cm³/mol. The third kappa shape index (κ3) is 5.57.